The molecule has 1 unspecified atom stereocenters. The summed E-state index contributed by atoms with van der Waals surface area (Å²) in [5, 5.41) is 0. The lowest BCUT2D eigenvalue weighted by Gasteiger charge is -2.19. The van der Waals surface area contributed by atoms with Crippen molar-refractivity contribution in [2.24, 2.45) is 4.99 Å². The van der Waals surface area contributed by atoms with Crippen LogP contribution in [0.5, 0.6) is 0 Å². The highest BCUT2D eigenvalue weighted by Crippen LogP contribution is 2.32. The third kappa shape index (κ3) is 4.39. The fourth-order valence-electron chi connectivity index (χ4n) is 2.53. The van der Waals surface area contributed by atoms with E-state index in [0.717, 1.165) is 6.54 Å². The Hall–Kier alpha value is -1.80. The Balaban J connectivity index is 0.00000100. The lowest BCUT2D eigenvalue weighted by Crippen LogP contribution is -2.12. The molecular formula is C22H28NS+. The van der Waals surface area contributed by atoms with Gasteiger partial charge >= 0.3 is 0 Å². The van der Waals surface area contributed by atoms with Gasteiger partial charge in [0, 0.05) is 0 Å². The van der Waals surface area contributed by atoms with Crippen molar-refractivity contribution in [2.75, 3.05) is 6.54 Å². The Morgan fingerprint density at radius 2 is 1.42 bits per heavy atom. The van der Waals surface area contributed by atoms with Crippen molar-refractivity contribution >= 4 is 17.1 Å². The van der Waals surface area contributed by atoms with Crippen molar-refractivity contribution in [1.82, 2.24) is 0 Å². The maximum Gasteiger partial charge on any atom is 0.182 e. The molecule has 0 bridgehead atoms. The minimum absolute atomic E-state index is 0.0498. The van der Waals surface area contributed by atoms with Gasteiger partial charge in [0.25, 0.3) is 0 Å². The summed E-state index contributed by atoms with van der Waals surface area (Å²) < 4.78 is 0. The lowest BCUT2D eigenvalue weighted by atomic mass is 9.87. The summed E-state index contributed by atoms with van der Waals surface area (Å²) in [4.78, 5) is 8.42. The van der Waals surface area contributed by atoms with Gasteiger partial charge in [-0.2, -0.15) is 0 Å². The number of aliphatic imine (C=N–C) groups is 1. The minimum Gasteiger partial charge on any atom is -0.284 e. The Kier molecular flexibility index (Phi) is 6.44. The fourth-order valence-corrected chi connectivity index (χ4v) is 4.61. The van der Waals surface area contributed by atoms with Crippen molar-refractivity contribution in [3.8, 4) is 0 Å². The first kappa shape index (κ1) is 18.5. The van der Waals surface area contributed by atoms with Gasteiger partial charge in [-0.1, -0.05) is 65.0 Å². The van der Waals surface area contributed by atoms with Gasteiger partial charge in [0.15, 0.2) is 14.7 Å². The van der Waals surface area contributed by atoms with Gasteiger partial charge < -0.3 is 0 Å². The molecule has 2 aromatic carbocycles. The summed E-state index contributed by atoms with van der Waals surface area (Å²) in [7, 11) is -0.0498. The maximum absolute atomic E-state index is 4.38. The molecule has 0 aromatic heterocycles. The van der Waals surface area contributed by atoms with E-state index in [1.165, 1.54) is 20.3 Å². The molecule has 126 valence electrons. The Morgan fingerprint density at radius 3 is 1.92 bits per heavy atom. The molecule has 0 radical (unpaired) electrons. The standard InChI is InChI=1S/C20H22NS.C2H6/c1-20(2,3)16-9-11-18(12-10-16)22(19-13-14-21-15-19)17-7-5-4-6-8-17;1-2/h4-13,15H,14H2,1-3H3;1-2H3/q+1;. The highest BCUT2D eigenvalue weighted by Gasteiger charge is 2.31. The van der Waals surface area contributed by atoms with Gasteiger partial charge in [-0.15, -0.1) is 0 Å². The van der Waals surface area contributed by atoms with E-state index in [-0.39, 0.29) is 16.3 Å². The molecule has 2 heteroatoms. The number of benzene rings is 2. The Morgan fingerprint density at radius 1 is 0.833 bits per heavy atom. The third-order valence-electron chi connectivity index (χ3n) is 3.79. The molecule has 1 nitrogen and oxygen atoms in total. The smallest absolute Gasteiger partial charge is 0.182 e. The zero-order chi connectivity index (χ0) is 17.6. The van der Waals surface area contributed by atoms with E-state index in [1.54, 1.807) is 0 Å². The Labute approximate surface area is 149 Å². The van der Waals surface area contributed by atoms with Gasteiger partial charge in [-0.25, -0.2) is 0 Å². The summed E-state index contributed by atoms with van der Waals surface area (Å²) in [6, 6.07) is 19.8. The van der Waals surface area contributed by atoms with Crippen LogP contribution in [0.1, 0.15) is 40.2 Å². The lowest BCUT2D eigenvalue weighted by molar-refractivity contribution is 0.589. The predicted octanol–water partition coefficient (Wildman–Crippen LogP) is 6.01. The second-order valence-corrected chi connectivity index (χ2v) is 8.52. The zero-order valence-corrected chi connectivity index (χ0v) is 16.2. The van der Waals surface area contributed by atoms with Crippen molar-refractivity contribution in [1.29, 1.82) is 0 Å². The van der Waals surface area contributed by atoms with Crippen LogP contribution < -0.4 is 0 Å². The largest absolute Gasteiger partial charge is 0.284 e. The molecule has 0 spiro atoms. The number of hydrogen-bond acceptors (Lipinski definition) is 1. The average molecular weight is 339 g/mol. The van der Waals surface area contributed by atoms with Crippen LogP contribution >= 0.6 is 0 Å². The first-order valence-corrected chi connectivity index (χ1v) is 9.88. The monoisotopic (exact) mass is 338 g/mol. The molecule has 0 fully saturated rings. The van der Waals surface area contributed by atoms with E-state index in [4.69, 9.17) is 0 Å². The van der Waals surface area contributed by atoms with E-state index >= 15 is 0 Å². The van der Waals surface area contributed by atoms with Crippen molar-refractivity contribution in [3.63, 3.8) is 0 Å². The summed E-state index contributed by atoms with van der Waals surface area (Å²) in [6.45, 7) is 11.6. The van der Waals surface area contributed by atoms with Gasteiger partial charge in [0.2, 0.25) is 0 Å². The highest BCUT2D eigenvalue weighted by atomic mass is 32.2. The van der Waals surface area contributed by atoms with Crippen molar-refractivity contribution in [3.05, 3.63) is 71.1 Å². The molecule has 0 aliphatic carbocycles. The summed E-state index contributed by atoms with van der Waals surface area (Å²) in [6.07, 6.45) is 4.28. The number of rotatable bonds is 3. The third-order valence-corrected chi connectivity index (χ3v) is 6.02. The second kappa shape index (κ2) is 8.34. The molecule has 1 aliphatic heterocycles. The molecular weight excluding hydrogens is 310 g/mol. The zero-order valence-electron chi connectivity index (χ0n) is 15.4. The first-order chi connectivity index (χ1) is 11.6. The van der Waals surface area contributed by atoms with E-state index < -0.39 is 0 Å². The molecule has 0 N–H and O–H groups in total. The van der Waals surface area contributed by atoms with Crippen LogP contribution in [-0.4, -0.2) is 12.8 Å². The molecule has 1 heterocycles. The fraction of sp³-hybridized carbons (Fsp3) is 0.318. The SMILES string of the molecule is CC.CC(C)(C)c1ccc([S+](C2=CCN=C2)c2ccccc2)cc1. The number of allylic oxidation sites excluding steroid dienone is 1. The first-order valence-electron chi connectivity index (χ1n) is 8.65. The second-order valence-electron chi connectivity index (χ2n) is 6.49. The van der Waals surface area contributed by atoms with Gasteiger partial charge in [0.1, 0.15) is 10.9 Å². The van der Waals surface area contributed by atoms with Gasteiger partial charge in [-0.05, 0) is 41.3 Å². The molecule has 2 aromatic rings. The maximum atomic E-state index is 4.38. The van der Waals surface area contributed by atoms with Crippen LogP contribution in [0.4, 0.5) is 0 Å². The van der Waals surface area contributed by atoms with Crippen molar-refractivity contribution in [2.45, 2.75) is 49.8 Å². The normalized spacial score (nSPS) is 14.6. The summed E-state index contributed by atoms with van der Waals surface area (Å²) >= 11 is 0. The number of nitrogens with zero attached hydrogens (tertiary/aromatic N) is 1. The van der Waals surface area contributed by atoms with Gasteiger partial charge in [0.05, 0.1) is 12.8 Å². The molecule has 0 saturated carbocycles. The van der Waals surface area contributed by atoms with Crippen LogP contribution in [0.2, 0.25) is 0 Å². The minimum atomic E-state index is -0.0498. The van der Waals surface area contributed by atoms with Crippen LogP contribution in [-0.2, 0) is 16.3 Å². The topological polar surface area (TPSA) is 12.4 Å². The summed E-state index contributed by atoms with van der Waals surface area (Å²) in [5.74, 6) is 0. The van der Waals surface area contributed by atoms with Crippen LogP contribution in [0, 0.1) is 0 Å². The van der Waals surface area contributed by atoms with Crippen LogP contribution in [0.3, 0.4) is 0 Å². The summed E-state index contributed by atoms with van der Waals surface area (Å²) in [5.41, 5.74) is 1.57. The van der Waals surface area contributed by atoms with Crippen LogP contribution in [0.15, 0.2) is 80.4 Å². The molecule has 3 rings (SSSR count). The Bertz CT molecular complexity index is 691. The van der Waals surface area contributed by atoms with Crippen LogP contribution in [0.25, 0.3) is 0 Å². The van der Waals surface area contributed by atoms with E-state index in [0.29, 0.717) is 0 Å². The molecule has 24 heavy (non-hydrogen) atoms. The molecule has 0 saturated heterocycles. The molecule has 0 amide bonds. The van der Waals surface area contributed by atoms with Crippen molar-refractivity contribution < 1.29 is 0 Å². The highest BCUT2D eigenvalue weighted by molar-refractivity contribution is 8.01. The average Bonchev–Trinajstić information content (AvgIpc) is 3.12. The predicted molar refractivity (Wildman–Crippen MR) is 108 cm³/mol. The van der Waals surface area contributed by atoms with E-state index in [2.05, 4.69) is 86.4 Å². The molecule has 1 atom stereocenters. The van der Waals surface area contributed by atoms with E-state index in [9.17, 15) is 0 Å². The van der Waals surface area contributed by atoms with E-state index in [1.807, 2.05) is 20.1 Å². The van der Waals surface area contributed by atoms with Gasteiger partial charge in [-0.3, -0.25) is 4.99 Å². The quantitative estimate of drug-likeness (QED) is 0.607. The molecule has 1 aliphatic rings. The number of hydrogen-bond donors (Lipinski definition) is 0.